The lowest BCUT2D eigenvalue weighted by molar-refractivity contribution is 0.200. The third-order valence-corrected chi connectivity index (χ3v) is 5.06. The average molecular weight is 341 g/mol. The molecule has 0 saturated carbocycles. The number of aryl methyl sites for hydroxylation is 2. The van der Waals surface area contributed by atoms with Crippen molar-refractivity contribution in [3.63, 3.8) is 0 Å². The van der Waals surface area contributed by atoms with Crippen molar-refractivity contribution in [2.75, 3.05) is 25.5 Å². The van der Waals surface area contributed by atoms with Crippen molar-refractivity contribution in [3.8, 4) is 0 Å². The standard InChI is InChI=1S/C17H23N7O/c1-10-13(11(2)25-23-10)8-24-6-4-12(5-7-24)15-21-16(18-3)14-17(22-15)20-9-19-14/h9,12H,4-8H2,1-3H3,(H2,18,19,20,21,22). The van der Waals surface area contributed by atoms with Crippen LogP contribution in [0.1, 0.15) is 41.6 Å². The number of imidazole rings is 1. The summed E-state index contributed by atoms with van der Waals surface area (Å²) < 4.78 is 5.27. The molecule has 0 aromatic carbocycles. The molecule has 3 aromatic rings. The van der Waals surface area contributed by atoms with E-state index in [4.69, 9.17) is 9.51 Å². The Balaban J connectivity index is 1.47. The summed E-state index contributed by atoms with van der Waals surface area (Å²) in [6, 6.07) is 0. The smallest absolute Gasteiger partial charge is 0.183 e. The topological polar surface area (TPSA) is 95.8 Å². The molecule has 0 aliphatic carbocycles. The second-order valence-corrected chi connectivity index (χ2v) is 6.63. The molecule has 8 nitrogen and oxygen atoms in total. The van der Waals surface area contributed by atoms with Crippen LogP contribution in [0, 0.1) is 13.8 Å². The van der Waals surface area contributed by atoms with E-state index in [1.165, 1.54) is 5.56 Å². The van der Waals surface area contributed by atoms with Crippen LogP contribution in [0.25, 0.3) is 11.2 Å². The van der Waals surface area contributed by atoms with Gasteiger partial charge >= 0.3 is 0 Å². The Morgan fingerprint density at radius 3 is 2.76 bits per heavy atom. The maximum Gasteiger partial charge on any atom is 0.183 e. The predicted octanol–water partition coefficient (Wildman–Crippen LogP) is 2.38. The van der Waals surface area contributed by atoms with Crippen LogP contribution >= 0.6 is 0 Å². The molecule has 4 rings (SSSR count). The number of H-pyrrole nitrogens is 1. The zero-order valence-electron chi connectivity index (χ0n) is 14.8. The number of nitrogens with zero attached hydrogens (tertiary/aromatic N) is 5. The van der Waals surface area contributed by atoms with E-state index >= 15 is 0 Å². The van der Waals surface area contributed by atoms with Gasteiger partial charge in [0.25, 0.3) is 0 Å². The van der Waals surface area contributed by atoms with Gasteiger partial charge in [0.1, 0.15) is 17.1 Å². The quantitative estimate of drug-likeness (QED) is 0.752. The second-order valence-electron chi connectivity index (χ2n) is 6.63. The Labute approximate surface area is 146 Å². The maximum atomic E-state index is 5.27. The van der Waals surface area contributed by atoms with E-state index < -0.39 is 0 Å². The highest BCUT2D eigenvalue weighted by atomic mass is 16.5. The van der Waals surface area contributed by atoms with Crippen LogP contribution in [-0.4, -0.2) is 50.1 Å². The van der Waals surface area contributed by atoms with Crippen LogP contribution in [0.3, 0.4) is 0 Å². The van der Waals surface area contributed by atoms with E-state index in [-0.39, 0.29) is 0 Å². The summed E-state index contributed by atoms with van der Waals surface area (Å²) in [6.07, 6.45) is 3.75. The van der Waals surface area contributed by atoms with Crippen LogP contribution in [0.15, 0.2) is 10.9 Å². The molecular weight excluding hydrogens is 318 g/mol. The van der Waals surface area contributed by atoms with Crippen molar-refractivity contribution < 1.29 is 4.52 Å². The normalized spacial score (nSPS) is 16.6. The minimum atomic E-state index is 0.370. The van der Waals surface area contributed by atoms with Gasteiger partial charge in [-0.2, -0.15) is 0 Å². The minimum absolute atomic E-state index is 0.370. The van der Waals surface area contributed by atoms with Gasteiger partial charge in [0.15, 0.2) is 11.5 Å². The lowest BCUT2D eigenvalue weighted by Crippen LogP contribution is -2.33. The molecule has 0 amide bonds. The van der Waals surface area contributed by atoms with Gasteiger partial charge in [-0.3, -0.25) is 4.90 Å². The SMILES string of the molecule is CNc1nc(C2CCN(Cc3c(C)noc3C)CC2)nc2nc[nH]c12. The number of likely N-dealkylation sites (tertiary alicyclic amines) is 1. The average Bonchev–Trinajstić information content (AvgIpc) is 3.23. The number of fused-ring (bicyclic) bond motifs is 1. The van der Waals surface area contributed by atoms with Crippen LogP contribution in [0.2, 0.25) is 0 Å². The van der Waals surface area contributed by atoms with Gasteiger partial charge in [-0.25, -0.2) is 15.0 Å². The first-order valence-electron chi connectivity index (χ1n) is 8.68. The Morgan fingerprint density at radius 1 is 1.28 bits per heavy atom. The monoisotopic (exact) mass is 341 g/mol. The van der Waals surface area contributed by atoms with Gasteiger partial charge < -0.3 is 14.8 Å². The molecule has 4 heterocycles. The van der Waals surface area contributed by atoms with Crippen molar-refractivity contribution in [3.05, 3.63) is 29.2 Å². The summed E-state index contributed by atoms with van der Waals surface area (Å²) in [6.45, 7) is 6.92. The number of aromatic amines is 1. The molecule has 0 atom stereocenters. The Kier molecular flexibility index (Phi) is 4.12. The summed E-state index contributed by atoms with van der Waals surface area (Å²) in [7, 11) is 1.87. The zero-order valence-corrected chi connectivity index (χ0v) is 14.8. The molecule has 132 valence electrons. The lowest BCUT2D eigenvalue weighted by Gasteiger charge is -2.31. The van der Waals surface area contributed by atoms with Gasteiger partial charge in [-0.1, -0.05) is 5.16 Å². The second kappa shape index (κ2) is 6.44. The third kappa shape index (κ3) is 2.97. The highest BCUT2D eigenvalue weighted by molar-refractivity contribution is 5.82. The summed E-state index contributed by atoms with van der Waals surface area (Å²) in [5.41, 5.74) is 3.80. The van der Waals surface area contributed by atoms with Crippen molar-refractivity contribution in [1.29, 1.82) is 0 Å². The molecule has 0 unspecified atom stereocenters. The van der Waals surface area contributed by atoms with Crippen molar-refractivity contribution in [2.24, 2.45) is 0 Å². The fourth-order valence-corrected chi connectivity index (χ4v) is 3.51. The number of hydrogen-bond acceptors (Lipinski definition) is 7. The number of piperidine rings is 1. The third-order valence-electron chi connectivity index (χ3n) is 5.06. The molecule has 25 heavy (non-hydrogen) atoms. The van der Waals surface area contributed by atoms with E-state index in [1.807, 2.05) is 20.9 Å². The van der Waals surface area contributed by atoms with Gasteiger partial charge in [0.05, 0.1) is 12.0 Å². The molecule has 0 bridgehead atoms. The highest BCUT2D eigenvalue weighted by Crippen LogP contribution is 2.29. The summed E-state index contributed by atoms with van der Waals surface area (Å²) in [5.74, 6) is 3.00. The predicted molar refractivity (Wildman–Crippen MR) is 94.5 cm³/mol. The Bertz CT molecular complexity index is 857. The summed E-state index contributed by atoms with van der Waals surface area (Å²) >= 11 is 0. The fourth-order valence-electron chi connectivity index (χ4n) is 3.51. The van der Waals surface area contributed by atoms with Gasteiger partial charge in [0, 0.05) is 25.1 Å². The minimum Gasteiger partial charge on any atom is -0.371 e. The Morgan fingerprint density at radius 2 is 2.08 bits per heavy atom. The molecule has 8 heteroatoms. The van der Waals surface area contributed by atoms with E-state index in [9.17, 15) is 0 Å². The first-order chi connectivity index (χ1) is 12.2. The van der Waals surface area contributed by atoms with Crippen LogP contribution in [0.4, 0.5) is 5.82 Å². The van der Waals surface area contributed by atoms with Crippen LogP contribution in [-0.2, 0) is 6.54 Å². The van der Waals surface area contributed by atoms with Crippen molar-refractivity contribution >= 4 is 17.0 Å². The molecule has 1 aliphatic heterocycles. The number of rotatable bonds is 4. The van der Waals surface area contributed by atoms with Crippen LogP contribution < -0.4 is 5.32 Å². The molecule has 0 radical (unpaired) electrons. The van der Waals surface area contributed by atoms with E-state index in [0.29, 0.717) is 5.92 Å². The zero-order chi connectivity index (χ0) is 17.4. The molecule has 1 fully saturated rings. The number of nitrogens with one attached hydrogen (secondary N) is 2. The fraction of sp³-hybridized carbons (Fsp3) is 0.529. The maximum absolute atomic E-state index is 5.27. The molecule has 2 N–H and O–H groups in total. The number of hydrogen-bond donors (Lipinski definition) is 2. The largest absolute Gasteiger partial charge is 0.371 e. The first kappa shape index (κ1) is 16.0. The number of anilines is 1. The van der Waals surface area contributed by atoms with E-state index in [1.54, 1.807) is 6.33 Å². The summed E-state index contributed by atoms with van der Waals surface area (Å²) in [4.78, 5) is 19.2. The van der Waals surface area contributed by atoms with Crippen molar-refractivity contribution in [1.82, 2.24) is 30.0 Å². The van der Waals surface area contributed by atoms with Gasteiger partial charge in [-0.05, 0) is 39.8 Å². The molecule has 0 spiro atoms. The first-order valence-corrected chi connectivity index (χ1v) is 8.68. The van der Waals surface area contributed by atoms with Crippen molar-refractivity contribution in [2.45, 2.75) is 39.2 Å². The molecule has 1 aliphatic rings. The van der Waals surface area contributed by atoms with Gasteiger partial charge in [0.2, 0.25) is 0 Å². The van der Waals surface area contributed by atoms with Gasteiger partial charge in [-0.15, -0.1) is 0 Å². The highest BCUT2D eigenvalue weighted by Gasteiger charge is 2.25. The molecule has 3 aromatic heterocycles. The van der Waals surface area contributed by atoms with E-state index in [2.05, 4.69) is 30.3 Å². The van der Waals surface area contributed by atoms with E-state index in [0.717, 1.165) is 66.7 Å². The Hall–Kier alpha value is -2.48. The number of aromatic nitrogens is 5. The summed E-state index contributed by atoms with van der Waals surface area (Å²) in [5, 5.41) is 7.18. The molecule has 1 saturated heterocycles. The van der Waals surface area contributed by atoms with Crippen LogP contribution in [0.5, 0.6) is 0 Å². The lowest BCUT2D eigenvalue weighted by atomic mass is 9.95. The molecular formula is C17H23N7O.